The maximum atomic E-state index is 4.08. The van der Waals surface area contributed by atoms with E-state index < -0.39 is 0 Å². The molecule has 0 saturated heterocycles. The van der Waals surface area contributed by atoms with Crippen molar-refractivity contribution in [2.24, 2.45) is 0 Å². The molecule has 0 atom stereocenters. The van der Waals surface area contributed by atoms with Gasteiger partial charge >= 0.3 is 0 Å². The first-order valence-electron chi connectivity index (χ1n) is 5.42. The van der Waals surface area contributed by atoms with Crippen LogP contribution in [0.15, 0.2) is 55.1 Å². The molecule has 0 aromatic heterocycles. The lowest BCUT2D eigenvalue weighted by Crippen LogP contribution is -1.77. The molecule has 78 valence electrons. The van der Waals surface area contributed by atoms with Gasteiger partial charge in [-0.15, -0.1) is 0 Å². The predicted octanol–water partition coefficient (Wildman–Crippen LogP) is 4.39. The number of fused-ring (bicyclic) bond motifs is 1. The maximum absolute atomic E-state index is 4.08. The molecule has 1 aromatic rings. The van der Waals surface area contributed by atoms with Crippen molar-refractivity contribution in [2.45, 2.75) is 20.3 Å². The van der Waals surface area contributed by atoms with Crippen LogP contribution in [0.25, 0.3) is 5.57 Å². The molecule has 0 bridgehead atoms. The zero-order valence-corrected chi connectivity index (χ0v) is 9.59. The third-order valence-corrected chi connectivity index (χ3v) is 2.43. The highest BCUT2D eigenvalue weighted by molar-refractivity contribution is 5.84. The van der Waals surface area contributed by atoms with E-state index in [0.29, 0.717) is 0 Å². The Morgan fingerprint density at radius 2 is 1.87 bits per heavy atom. The minimum absolute atomic E-state index is 1.00. The van der Waals surface area contributed by atoms with Crippen LogP contribution in [-0.2, 0) is 6.42 Å². The van der Waals surface area contributed by atoms with Gasteiger partial charge in [-0.3, -0.25) is 0 Å². The molecule has 0 saturated carbocycles. The summed E-state index contributed by atoms with van der Waals surface area (Å²) in [6, 6.07) is 8.41. The standard InChI is InChI=1S/C13H12.C2H6/c1-3-6-11-9-12-7-4-5-8-13(12)10(11)2;1-2/h3-8H,1-2,9H2;1-2H3/b11-6-;. The third kappa shape index (κ3) is 2.27. The summed E-state index contributed by atoms with van der Waals surface area (Å²) in [5, 5.41) is 0. The summed E-state index contributed by atoms with van der Waals surface area (Å²) in [5.74, 6) is 0. The first-order chi connectivity index (χ1) is 7.33. The average molecular weight is 198 g/mol. The van der Waals surface area contributed by atoms with Crippen molar-refractivity contribution in [1.82, 2.24) is 0 Å². The third-order valence-electron chi connectivity index (χ3n) is 2.43. The van der Waals surface area contributed by atoms with Gasteiger partial charge in [0, 0.05) is 0 Å². The molecule has 0 spiro atoms. The number of hydrogen-bond donors (Lipinski definition) is 0. The molecule has 2 rings (SSSR count). The quantitative estimate of drug-likeness (QED) is 0.627. The first kappa shape index (κ1) is 11.5. The molecular formula is C15H18. The second-order valence-electron chi connectivity index (χ2n) is 3.24. The molecule has 1 aliphatic carbocycles. The van der Waals surface area contributed by atoms with Gasteiger partial charge < -0.3 is 0 Å². The van der Waals surface area contributed by atoms with E-state index in [-0.39, 0.29) is 0 Å². The van der Waals surface area contributed by atoms with Gasteiger partial charge in [0.2, 0.25) is 0 Å². The Kier molecular flexibility index (Phi) is 4.11. The summed E-state index contributed by atoms with van der Waals surface area (Å²) in [6.45, 7) is 11.8. The molecule has 15 heavy (non-hydrogen) atoms. The predicted molar refractivity (Wildman–Crippen MR) is 68.8 cm³/mol. The Bertz CT molecular complexity index is 394. The van der Waals surface area contributed by atoms with Gasteiger partial charge in [-0.1, -0.05) is 63.4 Å². The Hall–Kier alpha value is -1.56. The molecule has 0 N–H and O–H groups in total. The van der Waals surface area contributed by atoms with E-state index in [4.69, 9.17) is 0 Å². The Morgan fingerprint density at radius 3 is 2.47 bits per heavy atom. The molecule has 1 aliphatic rings. The Balaban J connectivity index is 0.000000531. The van der Waals surface area contributed by atoms with Crippen LogP contribution in [0.4, 0.5) is 0 Å². The summed E-state index contributed by atoms with van der Waals surface area (Å²) in [4.78, 5) is 0. The van der Waals surface area contributed by atoms with Gasteiger partial charge in [-0.25, -0.2) is 0 Å². The van der Waals surface area contributed by atoms with Crippen molar-refractivity contribution in [3.8, 4) is 0 Å². The van der Waals surface area contributed by atoms with Crippen LogP contribution in [-0.4, -0.2) is 0 Å². The number of benzene rings is 1. The van der Waals surface area contributed by atoms with Gasteiger partial charge in [-0.2, -0.15) is 0 Å². The minimum Gasteiger partial charge on any atom is -0.0991 e. The molecule has 0 heteroatoms. The monoisotopic (exact) mass is 198 g/mol. The Labute approximate surface area is 92.6 Å². The molecule has 0 heterocycles. The normalized spacial score (nSPS) is 15.6. The summed E-state index contributed by atoms with van der Waals surface area (Å²) in [7, 11) is 0. The number of rotatable bonds is 1. The molecule has 0 nitrogen and oxygen atoms in total. The highest BCUT2D eigenvalue weighted by Gasteiger charge is 2.17. The van der Waals surface area contributed by atoms with Crippen LogP contribution in [0.1, 0.15) is 25.0 Å². The minimum atomic E-state index is 1.00. The maximum Gasteiger partial charge on any atom is -0.00137 e. The largest absolute Gasteiger partial charge is 0.0991 e. The molecule has 0 amide bonds. The van der Waals surface area contributed by atoms with E-state index in [1.807, 2.05) is 26.0 Å². The van der Waals surface area contributed by atoms with Gasteiger partial charge in [0.15, 0.2) is 0 Å². The lowest BCUT2D eigenvalue weighted by molar-refractivity contribution is 1.27. The average Bonchev–Trinajstić information content (AvgIpc) is 2.60. The fourth-order valence-electron chi connectivity index (χ4n) is 1.76. The van der Waals surface area contributed by atoms with E-state index in [1.165, 1.54) is 16.7 Å². The lowest BCUT2D eigenvalue weighted by Gasteiger charge is -1.96. The molecule has 0 radical (unpaired) electrons. The van der Waals surface area contributed by atoms with E-state index in [0.717, 1.165) is 12.0 Å². The molecular weight excluding hydrogens is 180 g/mol. The lowest BCUT2D eigenvalue weighted by atomic mass is 10.1. The second kappa shape index (κ2) is 5.35. The van der Waals surface area contributed by atoms with Crippen LogP contribution in [0.5, 0.6) is 0 Å². The fraction of sp³-hybridized carbons (Fsp3) is 0.200. The zero-order valence-electron chi connectivity index (χ0n) is 9.59. The molecule has 0 fully saturated rings. The smallest absolute Gasteiger partial charge is 0.00137 e. The van der Waals surface area contributed by atoms with E-state index in [2.05, 4.69) is 37.4 Å². The summed E-state index contributed by atoms with van der Waals surface area (Å²) < 4.78 is 0. The highest BCUT2D eigenvalue weighted by atomic mass is 14.2. The van der Waals surface area contributed by atoms with Crippen LogP contribution in [0.2, 0.25) is 0 Å². The van der Waals surface area contributed by atoms with Crippen molar-refractivity contribution in [3.63, 3.8) is 0 Å². The summed E-state index contributed by atoms with van der Waals surface area (Å²) >= 11 is 0. The van der Waals surface area contributed by atoms with E-state index in [9.17, 15) is 0 Å². The fourth-order valence-corrected chi connectivity index (χ4v) is 1.76. The van der Waals surface area contributed by atoms with Crippen molar-refractivity contribution in [1.29, 1.82) is 0 Å². The first-order valence-corrected chi connectivity index (χ1v) is 5.42. The number of hydrogen-bond acceptors (Lipinski definition) is 0. The van der Waals surface area contributed by atoms with Crippen molar-refractivity contribution in [2.75, 3.05) is 0 Å². The second-order valence-corrected chi connectivity index (χ2v) is 3.24. The van der Waals surface area contributed by atoms with Crippen molar-refractivity contribution in [3.05, 3.63) is 66.3 Å². The van der Waals surface area contributed by atoms with Crippen molar-refractivity contribution >= 4 is 5.57 Å². The van der Waals surface area contributed by atoms with Crippen molar-refractivity contribution < 1.29 is 0 Å². The molecule has 1 aromatic carbocycles. The van der Waals surface area contributed by atoms with Gasteiger partial charge in [-0.05, 0) is 28.7 Å². The topological polar surface area (TPSA) is 0 Å². The van der Waals surface area contributed by atoms with Crippen LogP contribution < -0.4 is 0 Å². The van der Waals surface area contributed by atoms with E-state index >= 15 is 0 Å². The SMILES string of the molecule is C=C/C=C1/Cc2ccccc2C1=C.CC. The molecule has 0 unspecified atom stereocenters. The zero-order chi connectivity index (χ0) is 11.3. The van der Waals surface area contributed by atoms with Crippen LogP contribution in [0, 0.1) is 0 Å². The number of allylic oxidation sites excluding steroid dienone is 4. The highest BCUT2D eigenvalue weighted by Crippen LogP contribution is 2.34. The summed E-state index contributed by atoms with van der Waals surface area (Å²) in [5.41, 5.74) is 5.10. The summed E-state index contributed by atoms with van der Waals surface area (Å²) in [6.07, 6.45) is 4.87. The van der Waals surface area contributed by atoms with Crippen LogP contribution in [0.3, 0.4) is 0 Å². The van der Waals surface area contributed by atoms with Gasteiger partial charge in [0.05, 0.1) is 0 Å². The van der Waals surface area contributed by atoms with E-state index in [1.54, 1.807) is 0 Å². The van der Waals surface area contributed by atoms with Crippen LogP contribution >= 0.6 is 0 Å². The molecule has 0 aliphatic heterocycles. The van der Waals surface area contributed by atoms with Gasteiger partial charge in [0.1, 0.15) is 0 Å². The van der Waals surface area contributed by atoms with Gasteiger partial charge in [0.25, 0.3) is 0 Å². The Morgan fingerprint density at radius 1 is 1.20 bits per heavy atom.